The highest BCUT2D eigenvalue weighted by Gasteiger charge is 2.31. The number of aryl methyl sites for hydroxylation is 2. The van der Waals surface area contributed by atoms with Gasteiger partial charge in [0.2, 0.25) is 0 Å². The first-order valence-electron chi connectivity index (χ1n) is 10.5. The van der Waals surface area contributed by atoms with E-state index in [4.69, 9.17) is 11.6 Å². The molecule has 0 N–H and O–H groups in total. The fourth-order valence-corrected chi connectivity index (χ4v) is 4.64. The summed E-state index contributed by atoms with van der Waals surface area (Å²) in [6.07, 6.45) is 1.24. The van der Waals surface area contributed by atoms with Crippen molar-refractivity contribution >= 4 is 11.6 Å². The summed E-state index contributed by atoms with van der Waals surface area (Å²) in [6, 6.07) is 22.1. The van der Waals surface area contributed by atoms with Gasteiger partial charge in [0.1, 0.15) is 5.82 Å². The molecule has 30 heavy (non-hydrogen) atoms. The van der Waals surface area contributed by atoms with Crippen LogP contribution in [-0.4, -0.2) is 22.9 Å². The molecule has 0 amide bonds. The normalized spacial score (nSPS) is 17.9. The van der Waals surface area contributed by atoms with Crippen molar-refractivity contribution < 1.29 is 4.39 Å². The lowest BCUT2D eigenvalue weighted by molar-refractivity contribution is -0.00920. The lowest BCUT2D eigenvalue weighted by atomic mass is 10.0. The van der Waals surface area contributed by atoms with E-state index in [1.54, 1.807) is 0 Å². The summed E-state index contributed by atoms with van der Waals surface area (Å²) in [5.41, 5.74) is 6.19. The van der Waals surface area contributed by atoms with E-state index in [0.29, 0.717) is 11.6 Å². The zero-order valence-corrected chi connectivity index (χ0v) is 18.4. The minimum Gasteiger partial charge on any atom is -0.280 e. The van der Waals surface area contributed by atoms with Crippen molar-refractivity contribution in [3.05, 3.63) is 105 Å². The van der Waals surface area contributed by atoms with Crippen molar-refractivity contribution in [2.75, 3.05) is 13.1 Å². The molecule has 0 aliphatic carbocycles. The van der Waals surface area contributed by atoms with Crippen LogP contribution in [0.4, 0.5) is 4.39 Å². The largest absolute Gasteiger partial charge is 0.280 e. The smallest absolute Gasteiger partial charge is 0.124 e. The molecule has 1 fully saturated rings. The van der Waals surface area contributed by atoms with Gasteiger partial charge in [-0.15, -0.1) is 0 Å². The zero-order chi connectivity index (χ0) is 21.1. The van der Waals surface area contributed by atoms with E-state index in [9.17, 15) is 4.39 Å². The number of benzene rings is 3. The van der Waals surface area contributed by atoms with E-state index in [2.05, 4.69) is 72.2 Å². The average molecular weight is 423 g/mol. The third kappa shape index (κ3) is 4.75. The van der Waals surface area contributed by atoms with Crippen LogP contribution in [0.15, 0.2) is 66.7 Å². The van der Waals surface area contributed by atoms with Crippen molar-refractivity contribution in [2.24, 2.45) is 0 Å². The topological polar surface area (TPSA) is 6.48 Å². The van der Waals surface area contributed by atoms with Crippen molar-refractivity contribution in [3.8, 4) is 0 Å². The number of rotatable bonds is 5. The van der Waals surface area contributed by atoms with E-state index in [0.717, 1.165) is 31.6 Å². The van der Waals surface area contributed by atoms with Crippen LogP contribution in [0.25, 0.3) is 0 Å². The molecule has 1 saturated heterocycles. The molecule has 0 saturated carbocycles. The second-order valence-corrected chi connectivity index (χ2v) is 8.65. The Kier molecular flexibility index (Phi) is 6.52. The Labute approximate surface area is 183 Å². The number of nitrogens with zero attached hydrogens (tertiary/aromatic N) is 2. The van der Waals surface area contributed by atoms with E-state index in [1.165, 1.54) is 34.4 Å². The third-order valence-corrected chi connectivity index (χ3v) is 6.30. The molecule has 4 rings (SSSR count). The van der Waals surface area contributed by atoms with Gasteiger partial charge >= 0.3 is 0 Å². The van der Waals surface area contributed by atoms with Crippen LogP contribution >= 0.6 is 11.6 Å². The molecule has 2 nitrogen and oxygen atoms in total. The van der Waals surface area contributed by atoms with Gasteiger partial charge in [-0.05, 0) is 54.7 Å². The van der Waals surface area contributed by atoms with Gasteiger partial charge in [-0.25, -0.2) is 4.39 Å². The van der Waals surface area contributed by atoms with E-state index < -0.39 is 0 Å². The maximum atomic E-state index is 13.5. The monoisotopic (exact) mass is 422 g/mol. The van der Waals surface area contributed by atoms with Crippen molar-refractivity contribution in [3.63, 3.8) is 0 Å². The summed E-state index contributed by atoms with van der Waals surface area (Å²) in [5.74, 6) is -0.293. The molecule has 1 atom stereocenters. The van der Waals surface area contributed by atoms with E-state index in [1.807, 2.05) is 6.07 Å². The van der Waals surface area contributed by atoms with E-state index >= 15 is 0 Å². The first-order valence-corrected chi connectivity index (χ1v) is 10.9. The molecular formula is C26H28ClFN2. The summed E-state index contributed by atoms with van der Waals surface area (Å²) in [6.45, 7) is 7.94. The molecule has 3 aromatic rings. The predicted octanol–water partition coefficient (Wildman–Crippen LogP) is 6.50. The maximum absolute atomic E-state index is 13.5. The Bertz CT molecular complexity index is 1020. The Balaban J connectivity index is 1.68. The Morgan fingerprint density at radius 2 is 1.60 bits per heavy atom. The molecule has 1 heterocycles. The van der Waals surface area contributed by atoms with Gasteiger partial charge in [0.05, 0.1) is 6.17 Å². The highest BCUT2D eigenvalue weighted by atomic mass is 35.5. The molecule has 3 aromatic carbocycles. The molecule has 0 radical (unpaired) electrons. The molecule has 0 bridgehead atoms. The number of hydrogen-bond acceptors (Lipinski definition) is 2. The molecular weight excluding hydrogens is 395 g/mol. The van der Waals surface area contributed by atoms with Crippen molar-refractivity contribution in [1.29, 1.82) is 0 Å². The second kappa shape index (κ2) is 9.30. The summed E-state index contributed by atoms with van der Waals surface area (Å²) in [4.78, 5) is 5.02. The summed E-state index contributed by atoms with van der Waals surface area (Å²) in [7, 11) is 0. The molecule has 0 spiro atoms. The van der Waals surface area contributed by atoms with Crippen LogP contribution in [0.3, 0.4) is 0 Å². The zero-order valence-electron chi connectivity index (χ0n) is 17.6. The molecule has 1 aliphatic heterocycles. The van der Waals surface area contributed by atoms with Crippen LogP contribution < -0.4 is 0 Å². The summed E-state index contributed by atoms with van der Waals surface area (Å²) < 4.78 is 13.5. The SMILES string of the molecule is Cc1cccc([C@H]2N(Cc3ccccc3C)CCCN2Cc2ccc(F)cc2Cl)c1. The Hall–Kier alpha value is -2.20. The van der Waals surface area contributed by atoms with Gasteiger partial charge in [0, 0.05) is 31.2 Å². The van der Waals surface area contributed by atoms with Gasteiger partial charge in [-0.3, -0.25) is 9.80 Å². The van der Waals surface area contributed by atoms with Gasteiger partial charge < -0.3 is 0 Å². The van der Waals surface area contributed by atoms with Gasteiger partial charge in [-0.2, -0.15) is 0 Å². The average Bonchev–Trinajstić information content (AvgIpc) is 2.72. The number of hydrogen-bond donors (Lipinski definition) is 0. The highest BCUT2D eigenvalue weighted by Crippen LogP contribution is 2.34. The lowest BCUT2D eigenvalue weighted by Gasteiger charge is -2.44. The lowest BCUT2D eigenvalue weighted by Crippen LogP contribution is -2.47. The molecule has 4 heteroatoms. The first-order chi connectivity index (χ1) is 14.5. The summed E-state index contributed by atoms with van der Waals surface area (Å²) in [5, 5.41) is 0.494. The second-order valence-electron chi connectivity index (χ2n) is 8.24. The van der Waals surface area contributed by atoms with Gasteiger partial charge in [0.15, 0.2) is 0 Å². The fourth-order valence-electron chi connectivity index (χ4n) is 4.41. The number of halogens is 2. The molecule has 1 aliphatic rings. The third-order valence-electron chi connectivity index (χ3n) is 5.95. The Morgan fingerprint density at radius 3 is 2.30 bits per heavy atom. The van der Waals surface area contributed by atoms with E-state index in [-0.39, 0.29) is 12.0 Å². The molecule has 0 unspecified atom stereocenters. The standard InChI is InChI=1S/C26H28ClFN2/c1-19-7-5-10-21(15-19)26-29(17-22-9-4-3-8-20(22)2)13-6-14-30(26)18-23-11-12-24(28)16-25(23)27/h3-5,7-12,15-16,26H,6,13-14,17-18H2,1-2H3/t26-/m0/s1. The van der Waals surface area contributed by atoms with Gasteiger partial charge in [0.25, 0.3) is 0 Å². The van der Waals surface area contributed by atoms with Crippen LogP contribution in [0.2, 0.25) is 5.02 Å². The highest BCUT2D eigenvalue weighted by molar-refractivity contribution is 6.31. The van der Waals surface area contributed by atoms with Gasteiger partial charge in [-0.1, -0.05) is 71.8 Å². The maximum Gasteiger partial charge on any atom is 0.124 e. The Morgan fingerprint density at radius 1 is 0.867 bits per heavy atom. The van der Waals surface area contributed by atoms with Crippen LogP contribution in [0.5, 0.6) is 0 Å². The first kappa shape index (κ1) is 21.0. The summed E-state index contributed by atoms with van der Waals surface area (Å²) >= 11 is 6.37. The fraction of sp³-hybridized carbons (Fsp3) is 0.308. The van der Waals surface area contributed by atoms with Crippen LogP contribution in [0, 0.1) is 19.7 Å². The van der Waals surface area contributed by atoms with Crippen molar-refractivity contribution in [1.82, 2.24) is 9.80 Å². The minimum atomic E-state index is -0.293. The quantitative estimate of drug-likeness (QED) is 0.462. The van der Waals surface area contributed by atoms with Crippen molar-refractivity contribution in [2.45, 2.75) is 39.5 Å². The molecule has 156 valence electrons. The molecule has 0 aromatic heterocycles. The van der Waals surface area contributed by atoms with Crippen LogP contribution in [0.1, 0.15) is 40.4 Å². The predicted molar refractivity (Wildman–Crippen MR) is 122 cm³/mol. The van der Waals surface area contributed by atoms with Crippen LogP contribution in [-0.2, 0) is 13.1 Å². The minimum absolute atomic E-state index is 0.152.